The Kier molecular flexibility index (Phi) is 7.09. The van der Waals surface area contributed by atoms with Gasteiger partial charge in [-0.3, -0.25) is 4.79 Å². The molecule has 0 spiro atoms. The van der Waals surface area contributed by atoms with Gasteiger partial charge in [0.25, 0.3) is 5.91 Å². The number of rotatable bonds is 8. The number of carbonyl (C=O) groups is 1. The lowest BCUT2D eigenvalue weighted by molar-refractivity contribution is -0.143. The molecule has 0 radical (unpaired) electrons. The van der Waals surface area contributed by atoms with Crippen LogP contribution >= 0.6 is 0 Å². The highest BCUT2D eigenvalue weighted by Crippen LogP contribution is 2.32. The van der Waals surface area contributed by atoms with Gasteiger partial charge in [0.2, 0.25) is 0 Å². The number of halogens is 4. The van der Waals surface area contributed by atoms with Gasteiger partial charge >= 0.3 is 6.18 Å². The number of carbonyl (C=O) groups excluding carboxylic acids is 1. The van der Waals surface area contributed by atoms with Gasteiger partial charge < -0.3 is 10.1 Å². The third kappa shape index (κ3) is 6.03. The molecule has 180 valence electrons. The molecule has 4 rings (SSSR count). The number of ether oxygens (including phenoxy) is 1. The van der Waals surface area contributed by atoms with E-state index in [-0.39, 0.29) is 12.2 Å². The summed E-state index contributed by atoms with van der Waals surface area (Å²) in [4.78, 5) is 12.5. The number of benzene rings is 3. The van der Waals surface area contributed by atoms with Crippen molar-refractivity contribution < 1.29 is 27.1 Å². The van der Waals surface area contributed by atoms with E-state index in [4.69, 9.17) is 4.74 Å². The molecule has 0 bridgehead atoms. The third-order valence-corrected chi connectivity index (χ3v) is 5.10. The first-order valence-corrected chi connectivity index (χ1v) is 10.6. The van der Waals surface area contributed by atoms with Crippen LogP contribution in [-0.2, 0) is 19.2 Å². The highest BCUT2D eigenvalue weighted by atomic mass is 19.4. The monoisotopic (exact) mass is 484 g/mol. The fourth-order valence-corrected chi connectivity index (χ4v) is 3.35. The van der Waals surface area contributed by atoms with E-state index >= 15 is 0 Å². The number of hydrogen-bond acceptors (Lipinski definition) is 4. The smallest absolute Gasteiger partial charge is 0.435 e. The quantitative estimate of drug-likeness (QED) is 0.359. The summed E-state index contributed by atoms with van der Waals surface area (Å²) in [5.41, 5.74) is -0.356. The van der Waals surface area contributed by atoms with Gasteiger partial charge in [-0.25, -0.2) is 9.07 Å². The van der Waals surface area contributed by atoms with Crippen LogP contribution in [0.15, 0.2) is 78.9 Å². The van der Waals surface area contributed by atoms with Crippen molar-refractivity contribution >= 4 is 5.91 Å². The number of nitrogens with one attached hydrogen (secondary N) is 1. The molecule has 35 heavy (non-hydrogen) atoms. The summed E-state index contributed by atoms with van der Waals surface area (Å²) < 4.78 is 60.4. The Morgan fingerprint density at radius 3 is 2.26 bits per heavy atom. The Morgan fingerprint density at radius 2 is 1.60 bits per heavy atom. The number of aromatic nitrogens is 3. The van der Waals surface area contributed by atoms with E-state index in [0.29, 0.717) is 23.5 Å². The SMILES string of the molecule is O=C(NCCc1ccc(OCc2ccccc2)cc1)c1nnn(-c2ccc(F)cc2)c1C(F)(F)F. The molecule has 0 aliphatic heterocycles. The van der Waals surface area contributed by atoms with Crippen molar-refractivity contribution in [2.24, 2.45) is 0 Å². The molecule has 6 nitrogen and oxygen atoms in total. The van der Waals surface area contributed by atoms with Crippen molar-refractivity contribution in [3.05, 3.63) is 107 Å². The molecule has 0 aliphatic rings. The molecule has 1 aromatic heterocycles. The zero-order valence-electron chi connectivity index (χ0n) is 18.3. The minimum absolute atomic E-state index is 0.0696. The largest absolute Gasteiger partial charge is 0.489 e. The molecule has 3 aromatic carbocycles. The molecule has 0 aliphatic carbocycles. The predicted octanol–water partition coefficient (Wildman–Crippen LogP) is 4.98. The first kappa shape index (κ1) is 23.9. The van der Waals surface area contributed by atoms with Crippen LogP contribution in [0.2, 0.25) is 0 Å². The van der Waals surface area contributed by atoms with Gasteiger partial charge in [-0.2, -0.15) is 13.2 Å². The fraction of sp³-hybridized carbons (Fsp3) is 0.160. The first-order chi connectivity index (χ1) is 16.8. The van der Waals surface area contributed by atoms with Crippen LogP contribution < -0.4 is 10.1 Å². The summed E-state index contributed by atoms with van der Waals surface area (Å²) in [5.74, 6) is -0.946. The average molecular weight is 484 g/mol. The Hall–Kier alpha value is -4.21. The molecular formula is C25H20F4N4O2. The van der Waals surface area contributed by atoms with Crippen LogP contribution in [0.1, 0.15) is 27.3 Å². The molecule has 1 heterocycles. The van der Waals surface area contributed by atoms with Gasteiger partial charge in [0.1, 0.15) is 18.2 Å². The van der Waals surface area contributed by atoms with E-state index in [9.17, 15) is 22.4 Å². The Labute approximate surface area is 198 Å². The van der Waals surface area contributed by atoms with E-state index in [1.165, 1.54) is 0 Å². The van der Waals surface area contributed by atoms with Gasteiger partial charge in [-0.1, -0.05) is 47.7 Å². The molecule has 0 atom stereocenters. The highest BCUT2D eigenvalue weighted by Gasteiger charge is 2.41. The van der Waals surface area contributed by atoms with Crippen molar-refractivity contribution in [2.45, 2.75) is 19.2 Å². The number of hydrogen-bond donors (Lipinski definition) is 1. The minimum atomic E-state index is -4.90. The van der Waals surface area contributed by atoms with Crippen LogP contribution in [0.4, 0.5) is 17.6 Å². The van der Waals surface area contributed by atoms with Gasteiger partial charge in [-0.15, -0.1) is 5.10 Å². The van der Waals surface area contributed by atoms with Gasteiger partial charge in [0.05, 0.1) is 5.69 Å². The van der Waals surface area contributed by atoms with Gasteiger partial charge in [0, 0.05) is 6.54 Å². The number of nitrogens with zero attached hydrogens (tertiary/aromatic N) is 3. The second kappa shape index (κ2) is 10.4. The van der Waals surface area contributed by atoms with Gasteiger partial charge in [-0.05, 0) is 53.9 Å². The highest BCUT2D eigenvalue weighted by molar-refractivity contribution is 5.93. The van der Waals surface area contributed by atoms with Crippen LogP contribution in [0.5, 0.6) is 5.75 Å². The Morgan fingerprint density at radius 1 is 0.914 bits per heavy atom. The summed E-state index contributed by atoms with van der Waals surface area (Å²) in [6.07, 6.45) is -4.52. The van der Waals surface area contributed by atoms with Crippen molar-refractivity contribution in [1.82, 2.24) is 20.3 Å². The van der Waals surface area contributed by atoms with Crippen LogP contribution in [0.25, 0.3) is 5.69 Å². The van der Waals surface area contributed by atoms with Crippen LogP contribution in [0, 0.1) is 5.82 Å². The third-order valence-electron chi connectivity index (χ3n) is 5.10. The lowest BCUT2D eigenvalue weighted by Gasteiger charge is -2.11. The summed E-state index contributed by atoms with van der Waals surface area (Å²) in [6, 6.07) is 21.1. The molecule has 1 N–H and O–H groups in total. The van der Waals surface area contributed by atoms with Gasteiger partial charge in [0.15, 0.2) is 11.4 Å². The topological polar surface area (TPSA) is 69.0 Å². The zero-order chi connectivity index (χ0) is 24.8. The lowest BCUT2D eigenvalue weighted by atomic mass is 10.1. The molecule has 4 aromatic rings. The molecule has 0 saturated heterocycles. The Bertz CT molecular complexity index is 1270. The second-order valence-electron chi connectivity index (χ2n) is 7.60. The summed E-state index contributed by atoms with van der Waals surface area (Å²) in [7, 11) is 0. The van der Waals surface area contributed by atoms with Crippen LogP contribution in [-0.4, -0.2) is 27.4 Å². The summed E-state index contributed by atoms with van der Waals surface area (Å²) in [6.45, 7) is 0.514. The van der Waals surface area contributed by atoms with Crippen LogP contribution in [0.3, 0.4) is 0 Å². The molecule has 1 amide bonds. The normalized spacial score (nSPS) is 11.3. The maximum Gasteiger partial charge on any atom is 0.435 e. The minimum Gasteiger partial charge on any atom is -0.489 e. The molecule has 0 saturated carbocycles. The van der Waals surface area contributed by atoms with Crippen molar-refractivity contribution in [1.29, 1.82) is 0 Å². The van der Waals surface area contributed by atoms with E-state index in [2.05, 4.69) is 15.6 Å². The number of amides is 1. The average Bonchev–Trinajstić information content (AvgIpc) is 3.31. The Balaban J connectivity index is 1.37. The molecule has 10 heteroatoms. The zero-order valence-corrected chi connectivity index (χ0v) is 18.3. The van der Waals surface area contributed by atoms with E-state index in [1.54, 1.807) is 12.1 Å². The second-order valence-corrected chi connectivity index (χ2v) is 7.60. The maximum absolute atomic E-state index is 13.7. The van der Waals surface area contributed by atoms with E-state index < -0.39 is 29.3 Å². The molecular weight excluding hydrogens is 464 g/mol. The van der Waals surface area contributed by atoms with Crippen molar-refractivity contribution in [2.75, 3.05) is 6.54 Å². The standard InChI is InChI=1S/C25H20F4N4O2/c26-19-8-10-20(11-9-19)33-23(25(27,28)29)22(31-32-33)24(34)30-15-14-17-6-12-21(13-7-17)35-16-18-4-2-1-3-5-18/h1-13H,14-16H2,(H,30,34). The molecule has 0 fully saturated rings. The number of alkyl halides is 3. The van der Waals surface area contributed by atoms with E-state index in [0.717, 1.165) is 35.4 Å². The lowest BCUT2D eigenvalue weighted by Crippen LogP contribution is -2.29. The molecule has 0 unspecified atom stereocenters. The van der Waals surface area contributed by atoms with E-state index in [1.807, 2.05) is 42.5 Å². The van der Waals surface area contributed by atoms with Crippen molar-refractivity contribution in [3.8, 4) is 11.4 Å². The fourth-order valence-electron chi connectivity index (χ4n) is 3.35. The summed E-state index contributed by atoms with van der Waals surface area (Å²) >= 11 is 0. The predicted molar refractivity (Wildman–Crippen MR) is 120 cm³/mol. The van der Waals surface area contributed by atoms with Crippen molar-refractivity contribution in [3.63, 3.8) is 0 Å². The summed E-state index contributed by atoms with van der Waals surface area (Å²) in [5, 5.41) is 9.35. The first-order valence-electron chi connectivity index (χ1n) is 10.6. The maximum atomic E-state index is 13.7.